The maximum atomic E-state index is 13.9. The Kier molecular flexibility index (Phi) is 8.38. The van der Waals surface area contributed by atoms with Gasteiger partial charge in [0.15, 0.2) is 5.82 Å². The fourth-order valence-corrected chi connectivity index (χ4v) is 3.38. The third-order valence-corrected chi connectivity index (χ3v) is 5.15. The first kappa shape index (κ1) is 25.0. The summed E-state index contributed by atoms with van der Waals surface area (Å²) in [6.07, 6.45) is 0.959. The van der Waals surface area contributed by atoms with Gasteiger partial charge in [-0.25, -0.2) is 13.5 Å². The monoisotopic (exact) mass is 492 g/mol. The highest BCUT2D eigenvalue weighted by molar-refractivity contribution is 5.59. The lowest BCUT2D eigenvalue weighted by Gasteiger charge is -2.13. The number of benzene rings is 3. The molecule has 0 spiro atoms. The van der Waals surface area contributed by atoms with Gasteiger partial charge in [0.1, 0.15) is 18.2 Å². The summed E-state index contributed by atoms with van der Waals surface area (Å²) >= 11 is 0. The third kappa shape index (κ3) is 6.74. The van der Waals surface area contributed by atoms with Gasteiger partial charge >= 0.3 is 6.01 Å². The van der Waals surface area contributed by atoms with E-state index in [1.807, 2.05) is 24.3 Å². The second-order valence-electron chi connectivity index (χ2n) is 7.96. The number of halogens is 2. The van der Waals surface area contributed by atoms with E-state index < -0.39 is 11.9 Å². The average Bonchev–Trinajstić information content (AvgIpc) is 3.32. The first-order valence-corrected chi connectivity index (χ1v) is 11.3. The van der Waals surface area contributed by atoms with Crippen LogP contribution in [0.25, 0.3) is 17.1 Å². The van der Waals surface area contributed by atoms with Gasteiger partial charge in [-0.05, 0) is 54.1 Å². The molecule has 1 heterocycles. The van der Waals surface area contributed by atoms with Crippen LogP contribution in [-0.4, -0.2) is 45.7 Å². The number of nitrogens with zero attached hydrogens (tertiary/aromatic N) is 3. The molecule has 0 saturated heterocycles. The van der Waals surface area contributed by atoms with Crippen molar-refractivity contribution in [3.8, 4) is 23.1 Å². The molecule has 4 rings (SSSR count). The molecule has 0 fully saturated rings. The summed E-state index contributed by atoms with van der Waals surface area (Å²) in [6.45, 7) is 4.62. The molecule has 1 atom stereocenters. The van der Waals surface area contributed by atoms with Gasteiger partial charge in [-0.3, -0.25) is 0 Å². The Morgan fingerprint density at radius 1 is 1.03 bits per heavy atom. The largest absolute Gasteiger partial charge is 0.457 e. The highest BCUT2D eigenvalue weighted by Crippen LogP contribution is 2.25. The van der Waals surface area contributed by atoms with Gasteiger partial charge in [-0.1, -0.05) is 30.3 Å². The van der Waals surface area contributed by atoms with Crippen molar-refractivity contribution in [3.63, 3.8) is 0 Å². The third-order valence-electron chi connectivity index (χ3n) is 5.15. The summed E-state index contributed by atoms with van der Waals surface area (Å²) < 4.78 is 39.7. The molecule has 0 amide bonds. The molecule has 0 saturated carbocycles. The van der Waals surface area contributed by atoms with Crippen LogP contribution in [0, 0.1) is 11.6 Å². The summed E-state index contributed by atoms with van der Waals surface area (Å²) in [6, 6.07) is 19.4. The van der Waals surface area contributed by atoms with Gasteiger partial charge < -0.3 is 19.9 Å². The van der Waals surface area contributed by atoms with E-state index in [1.54, 1.807) is 35.0 Å². The molecule has 7 nitrogen and oxygen atoms in total. The summed E-state index contributed by atoms with van der Waals surface area (Å²) in [5.41, 5.74) is 2.76. The molecule has 186 valence electrons. The first-order chi connectivity index (χ1) is 17.5. The van der Waals surface area contributed by atoms with E-state index in [-0.39, 0.29) is 25.0 Å². The minimum atomic E-state index is -0.666. The summed E-state index contributed by atoms with van der Waals surface area (Å²) in [5.74, 6) is -0.326. The van der Waals surface area contributed by atoms with Gasteiger partial charge in [0.05, 0.1) is 25.0 Å². The first-order valence-electron chi connectivity index (χ1n) is 11.3. The zero-order valence-electron chi connectivity index (χ0n) is 19.5. The summed E-state index contributed by atoms with van der Waals surface area (Å²) in [4.78, 5) is 4.47. The van der Waals surface area contributed by atoms with Crippen molar-refractivity contribution in [1.82, 2.24) is 14.8 Å². The fraction of sp³-hybridized carbons (Fsp3) is 0.185. The lowest BCUT2D eigenvalue weighted by molar-refractivity contribution is 0.0566. The molecule has 1 unspecified atom stereocenters. The topological polar surface area (TPSA) is 81.4 Å². The van der Waals surface area contributed by atoms with Gasteiger partial charge in [0.2, 0.25) is 0 Å². The predicted molar refractivity (Wildman–Crippen MR) is 133 cm³/mol. The van der Waals surface area contributed by atoms with E-state index in [0.717, 1.165) is 11.3 Å². The van der Waals surface area contributed by atoms with E-state index in [1.165, 1.54) is 24.3 Å². The van der Waals surface area contributed by atoms with Crippen LogP contribution in [0.2, 0.25) is 0 Å². The molecule has 4 aromatic rings. The quantitative estimate of drug-likeness (QED) is 0.219. The van der Waals surface area contributed by atoms with Crippen LogP contribution in [0.1, 0.15) is 5.56 Å². The fourth-order valence-electron chi connectivity index (χ4n) is 3.38. The Morgan fingerprint density at radius 2 is 1.81 bits per heavy atom. The summed E-state index contributed by atoms with van der Waals surface area (Å²) in [7, 11) is 0. The molecular formula is C27H26F2N4O3. The lowest BCUT2D eigenvalue weighted by Crippen LogP contribution is -2.24. The average molecular weight is 493 g/mol. The predicted octanol–water partition coefficient (Wildman–Crippen LogP) is 4.77. The highest BCUT2D eigenvalue weighted by atomic mass is 19.1. The van der Waals surface area contributed by atoms with E-state index in [0.29, 0.717) is 30.2 Å². The Labute approximate surface area is 207 Å². The minimum Gasteiger partial charge on any atom is -0.457 e. The van der Waals surface area contributed by atoms with Crippen LogP contribution in [0.15, 0.2) is 85.5 Å². The Morgan fingerprint density at radius 3 is 2.53 bits per heavy atom. The van der Waals surface area contributed by atoms with Crippen LogP contribution in [0.5, 0.6) is 6.01 Å². The standard InChI is InChI=1S/C27H26F2N4O3/c1-2-14-35-18-25(34)16-30-23-10-12-24(13-11-23)33-26(20-4-3-5-22(29)15-20)31-27(32-33)36-17-19-6-8-21(28)9-7-19/h2-13,15,25,30,34H,1,14,16-18H2. The Balaban J connectivity index is 1.52. The second kappa shape index (κ2) is 12.1. The van der Waals surface area contributed by atoms with Crippen molar-refractivity contribution in [2.45, 2.75) is 12.7 Å². The number of nitrogens with one attached hydrogen (secondary N) is 1. The van der Waals surface area contributed by atoms with Crippen molar-refractivity contribution in [1.29, 1.82) is 0 Å². The molecule has 2 N–H and O–H groups in total. The number of hydrogen-bond donors (Lipinski definition) is 2. The normalized spacial score (nSPS) is 11.8. The number of hydrogen-bond acceptors (Lipinski definition) is 6. The summed E-state index contributed by atoms with van der Waals surface area (Å²) in [5, 5.41) is 17.6. The van der Waals surface area contributed by atoms with Gasteiger partial charge in [0, 0.05) is 17.8 Å². The zero-order valence-corrected chi connectivity index (χ0v) is 19.5. The number of anilines is 1. The Hall–Kier alpha value is -4.08. The van der Waals surface area contributed by atoms with Crippen LogP contribution >= 0.6 is 0 Å². The molecule has 0 aliphatic rings. The lowest BCUT2D eigenvalue weighted by atomic mass is 10.2. The SMILES string of the molecule is C=CCOCC(O)CNc1ccc(-n2nc(OCc3ccc(F)cc3)nc2-c2cccc(F)c2)cc1. The molecular weight excluding hydrogens is 466 g/mol. The Bertz CT molecular complexity index is 1280. The van der Waals surface area contributed by atoms with E-state index >= 15 is 0 Å². The van der Waals surface area contributed by atoms with Crippen molar-refractivity contribution < 1.29 is 23.4 Å². The molecule has 9 heteroatoms. The van der Waals surface area contributed by atoms with Crippen molar-refractivity contribution in [2.24, 2.45) is 0 Å². The van der Waals surface area contributed by atoms with E-state index in [2.05, 4.69) is 22.0 Å². The molecule has 0 aliphatic carbocycles. The molecule has 3 aromatic carbocycles. The minimum absolute atomic E-state index is 0.100. The number of aliphatic hydroxyl groups excluding tert-OH is 1. The highest BCUT2D eigenvalue weighted by Gasteiger charge is 2.16. The van der Waals surface area contributed by atoms with Crippen LogP contribution < -0.4 is 10.1 Å². The van der Waals surface area contributed by atoms with Gasteiger partial charge in [-0.15, -0.1) is 11.7 Å². The maximum Gasteiger partial charge on any atom is 0.336 e. The van der Waals surface area contributed by atoms with E-state index in [4.69, 9.17) is 9.47 Å². The zero-order chi connectivity index (χ0) is 25.3. The molecule has 0 aliphatic heterocycles. The second-order valence-corrected chi connectivity index (χ2v) is 7.96. The van der Waals surface area contributed by atoms with Crippen molar-refractivity contribution in [3.05, 3.63) is 103 Å². The maximum absolute atomic E-state index is 13.9. The smallest absolute Gasteiger partial charge is 0.336 e. The molecule has 0 bridgehead atoms. The number of ether oxygens (including phenoxy) is 2. The van der Waals surface area contributed by atoms with Crippen molar-refractivity contribution in [2.75, 3.05) is 25.1 Å². The van der Waals surface area contributed by atoms with Crippen LogP contribution in [-0.2, 0) is 11.3 Å². The van der Waals surface area contributed by atoms with Gasteiger partial charge in [-0.2, -0.15) is 4.98 Å². The van der Waals surface area contributed by atoms with Crippen molar-refractivity contribution >= 4 is 5.69 Å². The molecule has 0 radical (unpaired) electrons. The van der Waals surface area contributed by atoms with Crippen LogP contribution in [0.3, 0.4) is 0 Å². The number of rotatable bonds is 12. The van der Waals surface area contributed by atoms with E-state index in [9.17, 15) is 13.9 Å². The number of aliphatic hydroxyl groups is 1. The molecule has 1 aromatic heterocycles. The number of aromatic nitrogens is 3. The molecule has 36 heavy (non-hydrogen) atoms. The van der Waals surface area contributed by atoms with Crippen LogP contribution in [0.4, 0.5) is 14.5 Å². The van der Waals surface area contributed by atoms with Gasteiger partial charge in [0.25, 0.3) is 0 Å².